The summed E-state index contributed by atoms with van der Waals surface area (Å²) in [6, 6.07) is -0.182. The Labute approximate surface area is 118 Å². The lowest BCUT2D eigenvalue weighted by atomic mass is 9.64. The van der Waals surface area contributed by atoms with Gasteiger partial charge in [0.2, 0.25) is 0 Å². The predicted molar refractivity (Wildman–Crippen MR) is 70.5 cm³/mol. The van der Waals surface area contributed by atoms with Crippen LogP contribution in [0.2, 0.25) is 0 Å². The highest BCUT2D eigenvalue weighted by molar-refractivity contribution is 5.77. The van der Waals surface area contributed by atoms with Gasteiger partial charge in [-0.2, -0.15) is 0 Å². The summed E-state index contributed by atoms with van der Waals surface area (Å²) in [6.45, 7) is 4.85. The molecule has 1 saturated heterocycles. The zero-order valence-electron chi connectivity index (χ0n) is 12.1. The van der Waals surface area contributed by atoms with Gasteiger partial charge in [-0.15, -0.1) is 0 Å². The van der Waals surface area contributed by atoms with E-state index in [1.807, 2.05) is 0 Å². The van der Waals surface area contributed by atoms with Crippen molar-refractivity contribution in [3.63, 3.8) is 0 Å². The third kappa shape index (κ3) is 2.73. The second-order valence-corrected chi connectivity index (χ2v) is 5.93. The van der Waals surface area contributed by atoms with Crippen molar-refractivity contribution in [3.05, 3.63) is 0 Å². The molecule has 3 unspecified atom stereocenters. The molecule has 0 spiro atoms. The summed E-state index contributed by atoms with van der Waals surface area (Å²) in [5, 5.41) is 11.9. The summed E-state index contributed by atoms with van der Waals surface area (Å²) in [5.74, 6) is -1.04. The molecule has 2 amide bonds. The Bertz CT molecular complexity index is 398. The van der Waals surface area contributed by atoms with Crippen molar-refractivity contribution in [1.82, 2.24) is 10.2 Å². The molecule has 114 valence electrons. The van der Waals surface area contributed by atoms with Crippen LogP contribution in [0.4, 0.5) is 4.79 Å². The van der Waals surface area contributed by atoms with Gasteiger partial charge in [-0.3, -0.25) is 0 Å². The van der Waals surface area contributed by atoms with E-state index in [2.05, 4.69) is 19.2 Å². The summed E-state index contributed by atoms with van der Waals surface area (Å²) in [7, 11) is 1.67. The standard InChI is InChI=1S/C13H22N2O5/c1-13(2)9(6-10(13)19-3)14-12(18)15-4-5-20-8(7-15)11(16)17/h8-10H,4-7H2,1-3H3,(H,14,18)(H,16,17). The maximum atomic E-state index is 12.2. The Morgan fingerprint density at radius 1 is 1.45 bits per heavy atom. The van der Waals surface area contributed by atoms with Gasteiger partial charge in [0.05, 0.1) is 19.3 Å². The van der Waals surface area contributed by atoms with E-state index in [1.54, 1.807) is 7.11 Å². The van der Waals surface area contributed by atoms with Crippen LogP contribution in [-0.2, 0) is 14.3 Å². The highest BCUT2D eigenvalue weighted by atomic mass is 16.5. The van der Waals surface area contributed by atoms with Crippen molar-refractivity contribution in [3.8, 4) is 0 Å². The van der Waals surface area contributed by atoms with E-state index in [0.717, 1.165) is 6.42 Å². The number of hydrogen-bond donors (Lipinski definition) is 2. The van der Waals surface area contributed by atoms with Gasteiger partial charge in [-0.25, -0.2) is 9.59 Å². The zero-order chi connectivity index (χ0) is 14.9. The molecule has 3 atom stereocenters. The van der Waals surface area contributed by atoms with Crippen LogP contribution in [0.1, 0.15) is 20.3 Å². The summed E-state index contributed by atoms with van der Waals surface area (Å²) < 4.78 is 10.4. The smallest absolute Gasteiger partial charge is 0.334 e. The number of carboxylic acids is 1. The fourth-order valence-electron chi connectivity index (χ4n) is 2.75. The molecule has 7 nitrogen and oxygen atoms in total. The molecule has 1 aliphatic carbocycles. The molecule has 2 fully saturated rings. The molecule has 0 aromatic carbocycles. The lowest BCUT2D eigenvalue weighted by Crippen LogP contribution is -2.64. The van der Waals surface area contributed by atoms with Crippen LogP contribution < -0.4 is 5.32 Å². The van der Waals surface area contributed by atoms with Crippen LogP contribution in [0.3, 0.4) is 0 Å². The number of methoxy groups -OCH3 is 1. The van der Waals surface area contributed by atoms with Gasteiger partial charge >= 0.3 is 12.0 Å². The lowest BCUT2D eigenvalue weighted by Gasteiger charge is -2.51. The van der Waals surface area contributed by atoms with Gasteiger partial charge in [0.1, 0.15) is 0 Å². The number of amides is 2. The second-order valence-electron chi connectivity index (χ2n) is 5.93. The second kappa shape index (κ2) is 5.57. The number of morpholine rings is 1. The number of carboxylic acid groups (broad SMARTS) is 1. The molecule has 20 heavy (non-hydrogen) atoms. The number of urea groups is 1. The summed E-state index contributed by atoms with van der Waals surface area (Å²) in [4.78, 5) is 24.6. The van der Waals surface area contributed by atoms with E-state index in [0.29, 0.717) is 6.54 Å². The predicted octanol–water partition coefficient (Wildman–Crippen LogP) is 0.295. The highest BCUT2D eigenvalue weighted by Gasteiger charge is 2.49. The van der Waals surface area contributed by atoms with Crippen LogP contribution in [0.25, 0.3) is 0 Å². The van der Waals surface area contributed by atoms with Crippen molar-refractivity contribution >= 4 is 12.0 Å². The van der Waals surface area contributed by atoms with E-state index in [1.165, 1.54) is 4.90 Å². The molecule has 0 aromatic heterocycles. The van der Waals surface area contributed by atoms with E-state index in [-0.39, 0.29) is 36.7 Å². The molecular formula is C13H22N2O5. The SMILES string of the molecule is COC1CC(NC(=O)N2CCOC(C(=O)O)C2)C1(C)C. The number of ether oxygens (including phenoxy) is 2. The first-order valence-electron chi connectivity index (χ1n) is 6.79. The van der Waals surface area contributed by atoms with Crippen LogP contribution in [0.5, 0.6) is 0 Å². The maximum Gasteiger partial charge on any atom is 0.334 e. The Hall–Kier alpha value is -1.34. The zero-order valence-corrected chi connectivity index (χ0v) is 12.1. The lowest BCUT2D eigenvalue weighted by molar-refractivity contribution is -0.154. The number of nitrogens with one attached hydrogen (secondary N) is 1. The van der Waals surface area contributed by atoms with E-state index in [4.69, 9.17) is 14.6 Å². The van der Waals surface area contributed by atoms with Gasteiger partial charge in [0, 0.05) is 25.1 Å². The monoisotopic (exact) mass is 286 g/mol. The molecule has 1 heterocycles. The van der Waals surface area contributed by atoms with Gasteiger partial charge in [-0.05, 0) is 6.42 Å². The Morgan fingerprint density at radius 3 is 2.70 bits per heavy atom. The molecular weight excluding hydrogens is 264 g/mol. The van der Waals surface area contributed by atoms with Gasteiger partial charge in [0.25, 0.3) is 0 Å². The van der Waals surface area contributed by atoms with E-state index in [9.17, 15) is 9.59 Å². The van der Waals surface area contributed by atoms with Crippen molar-refractivity contribution in [2.75, 3.05) is 26.8 Å². The topological polar surface area (TPSA) is 88.1 Å². The molecule has 0 bridgehead atoms. The minimum atomic E-state index is -1.04. The molecule has 2 aliphatic rings. The van der Waals surface area contributed by atoms with Crippen LogP contribution in [0.15, 0.2) is 0 Å². The van der Waals surface area contributed by atoms with Crippen LogP contribution >= 0.6 is 0 Å². The molecule has 2 rings (SSSR count). The van der Waals surface area contributed by atoms with Crippen LogP contribution in [0, 0.1) is 5.41 Å². The van der Waals surface area contributed by atoms with Crippen molar-refractivity contribution < 1.29 is 24.2 Å². The molecule has 0 radical (unpaired) electrons. The third-order valence-corrected chi connectivity index (χ3v) is 4.39. The van der Waals surface area contributed by atoms with Crippen molar-refractivity contribution in [1.29, 1.82) is 0 Å². The van der Waals surface area contributed by atoms with Crippen molar-refractivity contribution in [2.45, 2.75) is 38.5 Å². The largest absolute Gasteiger partial charge is 0.479 e. The minimum absolute atomic E-state index is 0.0473. The molecule has 2 N–H and O–H groups in total. The van der Waals surface area contributed by atoms with Crippen molar-refractivity contribution in [2.24, 2.45) is 5.41 Å². The number of hydrogen-bond acceptors (Lipinski definition) is 4. The molecule has 1 saturated carbocycles. The first-order valence-corrected chi connectivity index (χ1v) is 6.79. The number of aliphatic carboxylic acids is 1. The quantitative estimate of drug-likeness (QED) is 0.779. The summed E-state index contributed by atoms with van der Waals surface area (Å²) in [6.07, 6.45) is -0.0121. The number of rotatable bonds is 3. The average Bonchev–Trinajstić information content (AvgIpc) is 2.42. The van der Waals surface area contributed by atoms with E-state index >= 15 is 0 Å². The number of carbonyl (C=O) groups is 2. The third-order valence-electron chi connectivity index (χ3n) is 4.39. The first kappa shape index (κ1) is 15.1. The minimum Gasteiger partial charge on any atom is -0.479 e. The number of nitrogens with zero attached hydrogens (tertiary/aromatic N) is 1. The first-order chi connectivity index (χ1) is 9.36. The summed E-state index contributed by atoms with van der Waals surface area (Å²) >= 11 is 0. The Kier molecular flexibility index (Phi) is 4.19. The fraction of sp³-hybridized carbons (Fsp3) is 0.846. The Balaban J connectivity index is 1.88. The summed E-state index contributed by atoms with van der Waals surface area (Å²) in [5.41, 5.74) is -0.108. The maximum absolute atomic E-state index is 12.2. The number of carbonyl (C=O) groups excluding carboxylic acids is 1. The van der Waals surface area contributed by atoms with Gasteiger partial charge < -0.3 is 24.8 Å². The highest BCUT2D eigenvalue weighted by Crippen LogP contribution is 2.42. The van der Waals surface area contributed by atoms with Gasteiger partial charge in [0.15, 0.2) is 6.10 Å². The van der Waals surface area contributed by atoms with Crippen LogP contribution in [-0.4, -0.2) is 67.1 Å². The fourth-order valence-corrected chi connectivity index (χ4v) is 2.75. The van der Waals surface area contributed by atoms with E-state index < -0.39 is 12.1 Å². The normalized spacial score (nSPS) is 32.4. The molecule has 7 heteroatoms. The molecule has 0 aromatic rings. The molecule has 1 aliphatic heterocycles. The average molecular weight is 286 g/mol. The Morgan fingerprint density at radius 2 is 2.15 bits per heavy atom. The van der Waals surface area contributed by atoms with Gasteiger partial charge in [-0.1, -0.05) is 13.8 Å².